The van der Waals surface area contributed by atoms with Crippen LogP contribution < -0.4 is 5.32 Å². The van der Waals surface area contributed by atoms with Crippen LogP contribution in [0.1, 0.15) is 30.4 Å². The second kappa shape index (κ2) is 8.60. The third-order valence-corrected chi connectivity index (χ3v) is 3.47. The Labute approximate surface area is 127 Å². The van der Waals surface area contributed by atoms with Crippen LogP contribution in [0, 0.1) is 0 Å². The Morgan fingerprint density at radius 3 is 2.95 bits per heavy atom. The van der Waals surface area contributed by atoms with Crippen molar-refractivity contribution < 1.29 is 4.42 Å². The van der Waals surface area contributed by atoms with E-state index in [1.54, 1.807) is 6.26 Å². The summed E-state index contributed by atoms with van der Waals surface area (Å²) in [7, 11) is 2.12. The number of aromatic nitrogens is 1. The Hall–Kier alpha value is -1.65. The van der Waals surface area contributed by atoms with Crippen LogP contribution >= 0.6 is 0 Å². The summed E-state index contributed by atoms with van der Waals surface area (Å²) in [5, 5.41) is 3.42. The number of hydrogen-bond acceptors (Lipinski definition) is 4. The molecule has 2 heterocycles. The van der Waals surface area contributed by atoms with Gasteiger partial charge in [0, 0.05) is 37.0 Å². The van der Waals surface area contributed by atoms with Gasteiger partial charge >= 0.3 is 0 Å². The van der Waals surface area contributed by atoms with Crippen LogP contribution in [0.3, 0.4) is 0 Å². The fourth-order valence-electron chi connectivity index (χ4n) is 2.24. The molecule has 0 bridgehead atoms. The molecule has 0 atom stereocenters. The molecule has 4 heteroatoms. The second-order valence-electron chi connectivity index (χ2n) is 5.35. The Kier molecular flexibility index (Phi) is 6.44. The number of likely N-dealkylation sites (N-methyl/N-ethyl adjacent to an activating group) is 1. The van der Waals surface area contributed by atoms with E-state index in [1.807, 2.05) is 18.3 Å². The van der Waals surface area contributed by atoms with Gasteiger partial charge in [-0.2, -0.15) is 0 Å². The summed E-state index contributed by atoms with van der Waals surface area (Å²) < 4.78 is 5.62. The summed E-state index contributed by atoms with van der Waals surface area (Å²) in [5.74, 6) is 1.06. The molecule has 2 aromatic rings. The normalized spacial score (nSPS) is 11.2. The highest BCUT2D eigenvalue weighted by Gasteiger charge is 2.09. The number of nitrogens with one attached hydrogen (secondary N) is 1. The van der Waals surface area contributed by atoms with Crippen molar-refractivity contribution in [1.82, 2.24) is 15.2 Å². The van der Waals surface area contributed by atoms with Gasteiger partial charge in [0.2, 0.25) is 0 Å². The highest BCUT2D eigenvalue weighted by Crippen LogP contribution is 2.13. The third-order valence-electron chi connectivity index (χ3n) is 3.47. The lowest BCUT2D eigenvalue weighted by molar-refractivity contribution is 0.295. The zero-order valence-electron chi connectivity index (χ0n) is 13.0. The topological polar surface area (TPSA) is 41.3 Å². The van der Waals surface area contributed by atoms with Crippen molar-refractivity contribution in [2.45, 2.75) is 32.9 Å². The molecule has 0 fully saturated rings. The molecule has 0 aromatic carbocycles. The fraction of sp³-hybridized carbons (Fsp3) is 0.471. The van der Waals surface area contributed by atoms with Gasteiger partial charge in [0.1, 0.15) is 5.76 Å². The SMILES string of the molecule is CCCNCc1ccoc1CN(C)CCc1ccccn1. The van der Waals surface area contributed by atoms with Gasteiger partial charge in [-0.1, -0.05) is 13.0 Å². The van der Waals surface area contributed by atoms with Crippen LogP contribution in [0.2, 0.25) is 0 Å². The van der Waals surface area contributed by atoms with Crippen molar-refractivity contribution in [3.63, 3.8) is 0 Å². The average Bonchev–Trinajstić information content (AvgIpc) is 2.94. The Morgan fingerprint density at radius 2 is 2.19 bits per heavy atom. The molecule has 0 aliphatic heterocycles. The lowest BCUT2D eigenvalue weighted by atomic mass is 10.2. The number of furan rings is 1. The van der Waals surface area contributed by atoms with Crippen LogP contribution in [0.15, 0.2) is 41.1 Å². The van der Waals surface area contributed by atoms with E-state index >= 15 is 0 Å². The van der Waals surface area contributed by atoms with E-state index in [0.717, 1.165) is 50.5 Å². The molecular weight excluding hydrogens is 262 g/mol. The summed E-state index contributed by atoms with van der Waals surface area (Å²) >= 11 is 0. The minimum atomic E-state index is 0.836. The third kappa shape index (κ3) is 5.33. The van der Waals surface area contributed by atoms with Crippen molar-refractivity contribution >= 4 is 0 Å². The zero-order chi connectivity index (χ0) is 14.9. The molecule has 2 rings (SSSR count). The first-order valence-electron chi connectivity index (χ1n) is 7.64. The van der Waals surface area contributed by atoms with E-state index in [9.17, 15) is 0 Å². The summed E-state index contributed by atoms with van der Waals surface area (Å²) in [6.07, 6.45) is 5.74. The van der Waals surface area contributed by atoms with E-state index < -0.39 is 0 Å². The summed E-state index contributed by atoms with van der Waals surface area (Å²) in [6.45, 7) is 5.91. The smallest absolute Gasteiger partial charge is 0.122 e. The van der Waals surface area contributed by atoms with E-state index in [-0.39, 0.29) is 0 Å². The lowest BCUT2D eigenvalue weighted by Gasteiger charge is -2.16. The number of hydrogen-bond donors (Lipinski definition) is 1. The maximum atomic E-state index is 5.62. The summed E-state index contributed by atoms with van der Waals surface area (Å²) in [5.41, 5.74) is 2.39. The molecule has 0 spiro atoms. The minimum Gasteiger partial charge on any atom is -0.468 e. The predicted molar refractivity (Wildman–Crippen MR) is 85.0 cm³/mol. The van der Waals surface area contributed by atoms with E-state index in [1.165, 1.54) is 5.56 Å². The standard InChI is InChI=1S/C17H25N3O/c1-3-9-18-13-15-8-12-21-17(15)14-20(2)11-7-16-6-4-5-10-19-16/h4-6,8,10,12,18H,3,7,9,11,13-14H2,1-2H3. The van der Waals surface area contributed by atoms with E-state index in [4.69, 9.17) is 4.42 Å². The molecular formula is C17H25N3O. The average molecular weight is 287 g/mol. The van der Waals surface area contributed by atoms with Crippen molar-refractivity contribution in [3.8, 4) is 0 Å². The summed E-state index contributed by atoms with van der Waals surface area (Å²) in [6, 6.07) is 8.11. The molecule has 0 radical (unpaired) electrons. The molecule has 0 aliphatic carbocycles. The minimum absolute atomic E-state index is 0.836. The summed E-state index contributed by atoms with van der Waals surface area (Å²) in [4.78, 5) is 6.63. The molecule has 0 aliphatic rings. The predicted octanol–water partition coefficient (Wildman–Crippen LogP) is 2.85. The highest BCUT2D eigenvalue weighted by atomic mass is 16.3. The first kappa shape index (κ1) is 15.7. The van der Waals surface area contributed by atoms with Gasteiger partial charge in [-0.25, -0.2) is 0 Å². The largest absolute Gasteiger partial charge is 0.468 e. The molecule has 1 N–H and O–H groups in total. The Bertz CT molecular complexity index is 510. The van der Waals surface area contributed by atoms with Gasteiger partial charge in [-0.3, -0.25) is 9.88 Å². The molecule has 21 heavy (non-hydrogen) atoms. The van der Waals surface area contributed by atoms with Crippen molar-refractivity contribution in [2.75, 3.05) is 20.1 Å². The molecule has 2 aromatic heterocycles. The Balaban J connectivity index is 1.79. The van der Waals surface area contributed by atoms with Crippen LogP contribution in [0.25, 0.3) is 0 Å². The van der Waals surface area contributed by atoms with Gasteiger partial charge < -0.3 is 9.73 Å². The number of nitrogens with zero attached hydrogens (tertiary/aromatic N) is 2. The van der Waals surface area contributed by atoms with Gasteiger partial charge in [-0.05, 0) is 38.2 Å². The number of pyridine rings is 1. The first-order valence-corrected chi connectivity index (χ1v) is 7.64. The van der Waals surface area contributed by atoms with Crippen LogP contribution in [-0.2, 0) is 19.5 Å². The van der Waals surface area contributed by atoms with Crippen LogP contribution in [0.4, 0.5) is 0 Å². The molecule has 0 unspecified atom stereocenters. The second-order valence-corrected chi connectivity index (χ2v) is 5.35. The van der Waals surface area contributed by atoms with Gasteiger partial charge in [0.05, 0.1) is 12.8 Å². The van der Waals surface area contributed by atoms with E-state index in [2.05, 4.69) is 41.3 Å². The number of rotatable bonds is 9. The van der Waals surface area contributed by atoms with Gasteiger partial charge in [-0.15, -0.1) is 0 Å². The van der Waals surface area contributed by atoms with Crippen LogP contribution in [-0.4, -0.2) is 30.0 Å². The molecule has 0 saturated carbocycles. The van der Waals surface area contributed by atoms with Crippen molar-refractivity contribution in [2.24, 2.45) is 0 Å². The highest BCUT2D eigenvalue weighted by molar-refractivity contribution is 5.16. The first-order chi connectivity index (χ1) is 10.3. The van der Waals surface area contributed by atoms with Crippen molar-refractivity contribution in [1.29, 1.82) is 0 Å². The fourth-order valence-corrected chi connectivity index (χ4v) is 2.24. The van der Waals surface area contributed by atoms with Gasteiger partial charge in [0.15, 0.2) is 0 Å². The molecule has 4 nitrogen and oxygen atoms in total. The van der Waals surface area contributed by atoms with Crippen molar-refractivity contribution in [3.05, 3.63) is 53.7 Å². The quantitative estimate of drug-likeness (QED) is 0.720. The van der Waals surface area contributed by atoms with Crippen LogP contribution in [0.5, 0.6) is 0 Å². The molecule has 0 saturated heterocycles. The Morgan fingerprint density at radius 1 is 1.29 bits per heavy atom. The zero-order valence-corrected chi connectivity index (χ0v) is 13.0. The molecule has 0 amide bonds. The monoisotopic (exact) mass is 287 g/mol. The van der Waals surface area contributed by atoms with Gasteiger partial charge in [0.25, 0.3) is 0 Å². The van der Waals surface area contributed by atoms with E-state index in [0.29, 0.717) is 0 Å². The maximum Gasteiger partial charge on any atom is 0.122 e. The molecule has 114 valence electrons. The lowest BCUT2D eigenvalue weighted by Crippen LogP contribution is -2.22. The maximum absolute atomic E-state index is 5.62.